The Morgan fingerprint density at radius 3 is 2.76 bits per heavy atom. The van der Waals surface area contributed by atoms with Gasteiger partial charge in [0.25, 0.3) is 0 Å². The van der Waals surface area contributed by atoms with Crippen molar-refractivity contribution in [2.24, 2.45) is 0 Å². The van der Waals surface area contributed by atoms with Crippen LogP contribution in [0, 0.1) is 0 Å². The Kier molecular flexibility index (Phi) is 4.62. The molecule has 0 saturated heterocycles. The van der Waals surface area contributed by atoms with Crippen molar-refractivity contribution in [3.8, 4) is 0 Å². The van der Waals surface area contributed by atoms with E-state index < -0.39 is 17.8 Å². The van der Waals surface area contributed by atoms with Crippen LogP contribution in [0.3, 0.4) is 0 Å². The van der Waals surface area contributed by atoms with Crippen LogP contribution in [0.5, 0.6) is 0 Å². The molecular weight excluding hydrogens is 285 g/mol. The number of halogens is 3. The van der Waals surface area contributed by atoms with E-state index in [9.17, 15) is 13.2 Å². The molecule has 0 bridgehead atoms. The highest BCUT2D eigenvalue weighted by molar-refractivity contribution is 5.27. The molecule has 1 aromatic heterocycles. The average Bonchev–Trinajstić information content (AvgIpc) is 2.83. The van der Waals surface area contributed by atoms with E-state index in [1.165, 1.54) is 6.07 Å². The van der Waals surface area contributed by atoms with Crippen LogP contribution in [0.15, 0.2) is 28.8 Å². The first-order chi connectivity index (χ1) is 9.84. The molecule has 0 aliphatic heterocycles. The molecule has 0 saturated carbocycles. The van der Waals surface area contributed by atoms with E-state index in [1.807, 2.05) is 0 Å². The molecule has 7 heteroatoms. The molecule has 21 heavy (non-hydrogen) atoms. The first kappa shape index (κ1) is 15.5. The first-order valence-corrected chi connectivity index (χ1v) is 6.50. The second kappa shape index (κ2) is 6.26. The van der Waals surface area contributed by atoms with Crippen molar-refractivity contribution in [1.29, 1.82) is 0 Å². The molecule has 1 unspecified atom stereocenters. The monoisotopic (exact) mass is 300 g/mol. The lowest BCUT2D eigenvalue weighted by atomic mass is 10.1. The third kappa shape index (κ3) is 4.56. The fraction of sp³-hybridized carbons (Fsp3) is 0.429. The van der Waals surface area contributed by atoms with E-state index in [0.29, 0.717) is 30.1 Å². The Bertz CT molecular complexity index is 594. The summed E-state index contributed by atoms with van der Waals surface area (Å²) in [5.74, 6) is 0.702. The summed E-state index contributed by atoms with van der Waals surface area (Å²) in [6, 6.07) is 5.04. The van der Waals surface area contributed by atoms with E-state index in [4.69, 9.17) is 9.63 Å². The standard InChI is InChI=1S/C14H15F3N2O2/c1-9(20)5-6-13-18-12(19-21-13)8-10-3-2-4-11(7-10)14(15,16)17/h2-4,7,9,20H,5-6,8H2,1H3. The maximum Gasteiger partial charge on any atom is 0.416 e. The molecular formula is C14H15F3N2O2. The van der Waals surface area contributed by atoms with E-state index in [0.717, 1.165) is 12.1 Å². The number of aromatic nitrogens is 2. The lowest BCUT2D eigenvalue weighted by molar-refractivity contribution is -0.137. The second-order valence-corrected chi connectivity index (χ2v) is 4.87. The van der Waals surface area contributed by atoms with Gasteiger partial charge in [-0.25, -0.2) is 0 Å². The first-order valence-electron chi connectivity index (χ1n) is 6.50. The number of aryl methyl sites for hydroxylation is 1. The molecule has 0 aliphatic rings. The van der Waals surface area contributed by atoms with Gasteiger partial charge >= 0.3 is 6.18 Å². The maximum absolute atomic E-state index is 12.6. The highest BCUT2D eigenvalue weighted by Gasteiger charge is 2.30. The molecule has 2 aromatic rings. The molecule has 0 spiro atoms. The lowest BCUT2D eigenvalue weighted by Crippen LogP contribution is -2.05. The summed E-state index contributed by atoms with van der Waals surface area (Å²) in [5.41, 5.74) is -0.231. The van der Waals surface area contributed by atoms with E-state index in [1.54, 1.807) is 13.0 Å². The summed E-state index contributed by atoms with van der Waals surface area (Å²) >= 11 is 0. The molecule has 4 nitrogen and oxygen atoms in total. The fourth-order valence-corrected chi connectivity index (χ4v) is 1.84. The van der Waals surface area contributed by atoms with Gasteiger partial charge in [0, 0.05) is 12.8 Å². The molecule has 2 rings (SSSR count). The quantitative estimate of drug-likeness (QED) is 0.922. The van der Waals surface area contributed by atoms with E-state index in [2.05, 4.69) is 10.1 Å². The Balaban J connectivity index is 2.05. The highest BCUT2D eigenvalue weighted by atomic mass is 19.4. The summed E-state index contributed by atoms with van der Waals surface area (Å²) in [5, 5.41) is 12.9. The summed E-state index contributed by atoms with van der Waals surface area (Å²) in [6.45, 7) is 1.65. The number of hydrogen-bond donors (Lipinski definition) is 1. The Labute approximate surface area is 119 Å². The Morgan fingerprint density at radius 2 is 2.10 bits per heavy atom. The summed E-state index contributed by atoms with van der Waals surface area (Å²) in [6.07, 6.45) is -3.74. The number of rotatable bonds is 5. The summed E-state index contributed by atoms with van der Waals surface area (Å²) < 4.78 is 42.8. The minimum Gasteiger partial charge on any atom is -0.393 e. The highest BCUT2D eigenvalue weighted by Crippen LogP contribution is 2.29. The molecule has 1 aromatic carbocycles. The predicted octanol–water partition coefficient (Wildman–Crippen LogP) is 2.99. The number of alkyl halides is 3. The number of hydrogen-bond acceptors (Lipinski definition) is 4. The molecule has 0 amide bonds. The van der Waals surface area contributed by atoms with Gasteiger partial charge in [0.2, 0.25) is 5.89 Å². The van der Waals surface area contributed by atoms with Crippen LogP contribution in [-0.4, -0.2) is 21.4 Å². The molecule has 0 aliphatic carbocycles. The minimum atomic E-state index is -4.37. The van der Waals surface area contributed by atoms with Gasteiger partial charge in [-0.2, -0.15) is 18.2 Å². The van der Waals surface area contributed by atoms with Crippen molar-refractivity contribution in [3.05, 3.63) is 47.1 Å². The van der Waals surface area contributed by atoms with Crippen molar-refractivity contribution in [2.45, 2.75) is 38.5 Å². The van der Waals surface area contributed by atoms with Gasteiger partial charge in [0.1, 0.15) is 0 Å². The normalized spacial score (nSPS) is 13.4. The average molecular weight is 300 g/mol. The Morgan fingerprint density at radius 1 is 1.33 bits per heavy atom. The molecule has 114 valence electrons. The Hall–Kier alpha value is -1.89. The molecule has 1 N–H and O–H groups in total. The summed E-state index contributed by atoms with van der Waals surface area (Å²) in [4.78, 5) is 4.10. The largest absolute Gasteiger partial charge is 0.416 e. The molecule has 1 heterocycles. The second-order valence-electron chi connectivity index (χ2n) is 4.87. The van der Waals surface area contributed by atoms with Crippen LogP contribution in [-0.2, 0) is 19.0 Å². The van der Waals surface area contributed by atoms with Crippen molar-refractivity contribution < 1.29 is 22.8 Å². The molecule has 1 atom stereocenters. The van der Waals surface area contributed by atoms with Crippen molar-refractivity contribution >= 4 is 0 Å². The van der Waals surface area contributed by atoms with Gasteiger partial charge in [-0.3, -0.25) is 0 Å². The van der Waals surface area contributed by atoms with Gasteiger partial charge in [-0.05, 0) is 25.0 Å². The van der Waals surface area contributed by atoms with Crippen LogP contribution in [0.25, 0.3) is 0 Å². The van der Waals surface area contributed by atoms with Crippen molar-refractivity contribution in [1.82, 2.24) is 10.1 Å². The zero-order valence-electron chi connectivity index (χ0n) is 11.4. The van der Waals surface area contributed by atoms with Crippen molar-refractivity contribution in [3.63, 3.8) is 0 Å². The number of benzene rings is 1. The van der Waals surface area contributed by atoms with Crippen LogP contribution in [0.1, 0.15) is 36.2 Å². The van der Waals surface area contributed by atoms with Gasteiger partial charge in [-0.1, -0.05) is 23.4 Å². The van der Waals surface area contributed by atoms with Gasteiger partial charge in [-0.15, -0.1) is 0 Å². The summed E-state index contributed by atoms with van der Waals surface area (Å²) in [7, 11) is 0. The topological polar surface area (TPSA) is 59.2 Å². The van der Waals surface area contributed by atoms with E-state index in [-0.39, 0.29) is 6.42 Å². The van der Waals surface area contributed by atoms with Crippen LogP contribution < -0.4 is 0 Å². The number of aliphatic hydroxyl groups excluding tert-OH is 1. The van der Waals surface area contributed by atoms with E-state index >= 15 is 0 Å². The molecule has 0 radical (unpaired) electrons. The van der Waals surface area contributed by atoms with Crippen LogP contribution in [0.4, 0.5) is 13.2 Å². The van der Waals surface area contributed by atoms with Gasteiger partial charge < -0.3 is 9.63 Å². The third-order valence-electron chi connectivity index (χ3n) is 2.90. The lowest BCUT2D eigenvalue weighted by Gasteiger charge is -2.07. The predicted molar refractivity (Wildman–Crippen MR) is 68.5 cm³/mol. The third-order valence-corrected chi connectivity index (χ3v) is 2.90. The van der Waals surface area contributed by atoms with Crippen molar-refractivity contribution in [2.75, 3.05) is 0 Å². The fourth-order valence-electron chi connectivity index (χ4n) is 1.84. The van der Waals surface area contributed by atoms with Gasteiger partial charge in [0.05, 0.1) is 11.7 Å². The SMILES string of the molecule is CC(O)CCc1nc(Cc2cccc(C(F)(F)F)c2)no1. The zero-order chi connectivity index (χ0) is 15.5. The maximum atomic E-state index is 12.6. The van der Waals surface area contributed by atoms with Gasteiger partial charge in [0.15, 0.2) is 5.82 Å². The smallest absolute Gasteiger partial charge is 0.393 e. The van der Waals surface area contributed by atoms with Crippen LogP contribution in [0.2, 0.25) is 0 Å². The molecule has 0 fully saturated rings. The number of aliphatic hydroxyl groups is 1. The minimum absolute atomic E-state index is 0.169. The number of nitrogens with zero attached hydrogens (tertiary/aromatic N) is 2. The van der Waals surface area contributed by atoms with Crippen LogP contribution >= 0.6 is 0 Å². The zero-order valence-corrected chi connectivity index (χ0v) is 11.4.